The van der Waals surface area contributed by atoms with E-state index in [1.54, 1.807) is 6.08 Å². The Morgan fingerprint density at radius 2 is 1.78 bits per heavy atom. The predicted molar refractivity (Wildman–Crippen MR) is 140 cm³/mol. The molecule has 1 aromatic carbocycles. The number of hydrogen-bond acceptors (Lipinski definition) is 6. The molecule has 2 aromatic rings. The van der Waals surface area contributed by atoms with E-state index in [0.29, 0.717) is 11.3 Å². The largest absolute Gasteiger partial charge is 0.461 e. The Hall–Kier alpha value is -3.31. The Balaban J connectivity index is 1.70. The fraction of sp³-hybridized carbons (Fsp3) is 0.423. The van der Waals surface area contributed by atoms with Crippen LogP contribution in [0.4, 0.5) is 18.6 Å². The fourth-order valence-corrected chi connectivity index (χ4v) is 5.23. The van der Waals surface area contributed by atoms with Crippen LogP contribution in [0.3, 0.4) is 0 Å². The van der Waals surface area contributed by atoms with Crippen LogP contribution in [0.25, 0.3) is 16.5 Å². The third kappa shape index (κ3) is 7.83. The maximum atomic E-state index is 14.8. The number of anilines is 1. The molecule has 0 saturated heterocycles. The Kier molecular flexibility index (Phi) is 9.76. The lowest BCUT2D eigenvalue weighted by Crippen LogP contribution is -2.40. The van der Waals surface area contributed by atoms with Crippen molar-refractivity contribution in [2.75, 3.05) is 11.9 Å². The van der Waals surface area contributed by atoms with Crippen molar-refractivity contribution in [1.82, 2.24) is 5.32 Å². The van der Waals surface area contributed by atoms with Gasteiger partial charge in [0.05, 0.1) is 5.56 Å². The lowest BCUT2D eigenvalue weighted by Gasteiger charge is -2.21. The van der Waals surface area contributed by atoms with Crippen LogP contribution in [0.15, 0.2) is 24.3 Å². The molecule has 3 amide bonds. The molecule has 3 rings (SSSR count). The second-order valence-corrected chi connectivity index (χ2v) is 10.4. The van der Waals surface area contributed by atoms with Crippen molar-refractivity contribution in [2.45, 2.75) is 58.1 Å². The van der Waals surface area contributed by atoms with Crippen LogP contribution in [-0.2, 0) is 9.53 Å². The highest BCUT2D eigenvalue weighted by atomic mass is 32.1. The van der Waals surface area contributed by atoms with E-state index in [9.17, 15) is 23.2 Å². The Labute approximate surface area is 218 Å². The van der Waals surface area contributed by atoms with E-state index in [4.69, 9.17) is 16.2 Å². The molecule has 1 saturated carbocycles. The third-order valence-electron chi connectivity index (χ3n) is 5.94. The molecule has 11 heteroatoms. The standard InChI is InChI=1S/C26H32F2N4O4S/c1-14(2)10-21(25(34)36-16-6-3-4-7-16)31-9-5-8-17-19(27)11-15(12-20(17)28)22-13-18(23(29)33)24(37-22)32-26(30)35/h5,8,11-14,16,21,31H,3-4,6-7,9-10H2,1-2H3,(H2,29,33)(H3,30,32,35)/t21-/m0/s1. The van der Waals surface area contributed by atoms with Crippen LogP contribution in [0.2, 0.25) is 0 Å². The van der Waals surface area contributed by atoms with Crippen molar-refractivity contribution in [3.8, 4) is 10.4 Å². The summed E-state index contributed by atoms with van der Waals surface area (Å²) in [7, 11) is 0. The average Bonchev–Trinajstić information content (AvgIpc) is 3.46. The fourth-order valence-electron chi connectivity index (χ4n) is 4.18. The van der Waals surface area contributed by atoms with Gasteiger partial charge in [-0.1, -0.05) is 26.0 Å². The van der Waals surface area contributed by atoms with Gasteiger partial charge < -0.3 is 21.5 Å². The summed E-state index contributed by atoms with van der Waals surface area (Å²) >= 11 is 0.918. The number of urea groups is 1. The summed E-state index contributed by atoms with van der Waals surface area (Å²) < 4.78 is 35.3. The predicted octanol–water partition coefficient (Wildman–Crippen LogP) is 4.79. The van der Waals surface area contributed by atoms with Gasteiger partial charge in [-0.15, -0.1) is 11.3 Å². The van der Waals surface area contributed by atoms with E-state index in [1.165, 1.54) is 12.1 Å². The average molecular weight is 535 g/mol. The van der Waals surface area contributed by atoms with E-state index in [1.807, 2.05) is 13.8 Å². The van der Waals surface area contributed by atoms with Crippen LogP contribution >= 0.6 is 11.3 Å². The van der Waals surface area contributed by atoms with Crippen LogP contribution < -0.4 is 22.1 Å². The highest BCUT2D eigenvalue weighted by molar-refractivity contribution is 7.20. The Morgan fingerprint density at radius 1 is 1.14 bits per heavy atom. The van der Waals surface area contributed by atoms with Gasteiger partial charge in [0, 0.05) is 17.0 Å². The van der Waals surface area contributed by atoms with Gasteiger partial charge in [0.2, 0.25) is 0 Å². The number of thiophene rings is 1. The molecule has 0 unspecified atom stereocenters. The highest BCUT2D eigenvalue weighted by Crippen LogP contribution is 2.36. The number of carbonyl (C=O) groups excluding carboxylic acids is 3. The van der Waals surface area contributed by atoms with Gasteiger partial charge in [-0.3, -0.25) is 14.9 Å². The smallest absolute Gasteiger partial charge is 0.323 e. The lowest BCUT2D eigenvalue weighted by molar-refractivity contribution is -0.151. The second kappa shape index (κ2) is 12.8. The third-order valence-corrected chi connectivity index (χ3v) is 7.04. The van der Waals surface area contributed by atoms with Gasteiger partial charge in [-0.25, -0.2) is 13.6 Å². The van der Waals surface area contributed by atoms with Gasteiger partial charge in [0.25, 0.3) is 5.91 Å². The maximum Gasteiger partial charge on any atom is 0.323 e. The zero-order chi connectivity index (χ0) is 27.1. The first-order valence-electron chi connectivity index (χ1n) is 12.1. The topological polar surface area (TPSA) is 137 Å². The molecule has 1 atom stereocenters. The molecule has 0 bridgehead atoms. The van der Waals surface area contributed by atoms with E-state index in [0.717, 1.165) is 49.2 Å². The number of carbonyl (C=O) groups is 3. The minimum Gasteiger partial charge on any atom is -0.461 e. The normalized spacial score (nSPS) is 14.8. The number of primary amides is 2. The molecular formula is C26H32F2N4O4S. The SMILES string of the molecule is CC(C)C[C@H](NCC=Cc1c(F)cc(-c2cc(C(N)=O)c(NC(N)=O)s2)cc1F)C(=O)OC1CCCC1. The van der Waals surface area contributed by atoms with Crippen molar-refractivity contribution in [2.24, 2.45) is 17.4 Å². The van der Waals surface area contributed by atoms with Gasteiger partial charge in [0.1, 0.15) is 28.8 Å². The number of rotatable bonds is 11. The molecule has 0 aliphatic heterocycles. The number of amides is 3. The number of nitrogens with one attached hydrogen (secondary N) is 2. The minimum atomic E-state index is -0.898. The van der Waals surface area contributed by atoms with Gasteiger partial charge >= 0.3 is 12.0 Å². The second-order valence-electron chi connectivity index (χ2n) is 9.40. The molecule has 37 heavy (non-hydrogen) atoms. The summed E-state index contributed by atoms with van der Waals surface area (Å²) in [4.78, 5) is 35.8. The zero-order valence-electron chi connectivity index (χ0n) is 20.8. The van der Waals surface area contributed by atoms with E-state index in [-0.39, 0.29) is 46.2 Å². The van der Waals surface area contributed by atoms with Crippen LogP contribution in [0.1, 0.15) is 61.9 Å². The van der Waals surface area contributed by atoms with Crippen LogP contribution in [-0.4, -0.2) is 36.6 Å². The Morgan fingerprint density at radius 3 is 2.35 bits per heavy atom. The molecule has 1 aliphatic rings. The van der Waals surface area contributed by atoms with Crippen molar-refractivity contribution in [3.05, 3.63) is 47.0 Å². The van der Waals surface area contributed by atoms with Gasteiger partial charge in [-0.2, -0.15) is 0 Å². The number of esters is 1. The van der Waals surface area contributed by atoms with Crippen molar-refractivity contribution < 1.29 is 27.9 Å². The number of halogens is 2. The Bertz CT molecular complexity index is 1150. The molecular weight excluding hydrogens is 502 g/mol. The molecule has 0 spiro atoms. The summed E-state index contributed by atoms with van der Waals surface area (Å²) in [6, 6.07) is 2.18. The molecule has 1 aromatic heterocycles. The maximum absolute atomic E-state index is 14.8. The molecule has 1 heterocycles. The first-order valence-corrected chi connectivity index (χ1v) is 13.0. The number of ether oxygens (including phenoxy) is 1. The van der Waals surface area contributed by atoms with Crippen molar-refractivity contribution in [1.29, 1.82) is 0 Å². The summed E-state index contributed by atoms with van der Waals surface area (Å²) in [5, 5.41) is 5.49. The first kappa shape index (κ1) is 28.3. The summed E-state index contributed by atoms with van der Waals surface area (Å²) in [5.41, 5.74) is 10.3. The lowest BCUT2D eigenvalue weighted by atomic mass is 10.0. The first-order chi connectivity index (χ1) is 17.5. The van der Waals surface area contributed by atoms with Gasteiger partial charge in [-0.05, 0) is 61.8 Å². The van der Waals surface area contributed by atoms with Crippen LogP contribution in [0.5, 0.6) is 0 Å². The highest BCUT2D eigenvalue weighted by Gasteiger charge is 2.25. The number of benzene rings is 1. The molecule has 1 fully saturated rings. The molecule has 200 valence electrons. The summed E-state index contributed by atoms with van der Waals surface area (Å²) in [6.45, 7) is 4.23. The number of hydrogen-bond donors (Lipinski definition) is 4. The monoisotopic (exact) mass is 534 g/mol. The van der Waals surface area contributed by atoms with E-state index in [2.05, 4.69) is 10.6 Å². The zero-order valence-corrected chi connectivity index (χ0v) is 21.6. The number of nitrogens with two attached hydrogens (primary N) is 2. The summed E-state index contributed by atoms with van der Waals surface area (Å²) in [6.07, 6.45) is 7.28. The van der Waals surface area contributed by atoms with Gasteiger partial charge in [0.15, 0.2) is 0 Å². The molecule has 8 nitrogen and oxygen atoms in total. The molecule has 1 aliphatic carbocycles. The quantitative estimate of drug-likeness (QED) is 0.307. The van der Waals surface area contributed by atoms with Crippen molar-refractivity contribution >= 4 is 40.3 Å². The molecule has 6 N–H and O–H groups in total. The molecule has 0 radical (unpaired) electrons. The van der Waals surface area contributed by atoms with E-state index < -0.39 is 29.6 Å². The van der Waals surface area contributed by atoms with Crippen LogP contribution in [0, 0.1) is 17.6 Å². The van der Waals surface area contributed by atoms with Crippen molar-refractivity contribution in [3.63, 3.8) is 0 Å². The van der Waals surface area contributed by atoms with E-state index >= 15 is 0 Å². The minimum absolute atomic E-state index is 0.0166. The summed E-state index contributed by atoms with van der Waals surface area (Å²) in [5.74, 6) is -2.49.